The Kier molecular flexibility index (Phi) is 7.72. The van der Waals surface area contributed by atoms with Crippen molar-refractivity contribution in [3.8, 4) is 11.3 Å². The van der Waals surface area contributed by atoms with Gasteiger partial charge in [-0.3, -0.25) is 0 Å². The van der Waals surface area contributed by atoms with Gasteiger partial charge in [-0.05, 0) is 19.3 Å². The van der Waals surface area contributed by atoms with Crippen LogP contribution in [-0.4, -0.2) is 46.5 Å². The van der Waals surface area contributed by atoms with E-state index in [4.69, 9.17) is 9.97 Å². The van der Waals surface area contributed by atoms with Crippen LogP contribution in [0.3, 0.4) is 0 Å². The SMILES string of the molecule is CC[C@H](O)C[C@H](O)/C=C/c1c(-c2ccc(C)cc2)nc(N(C)C)nc1C(C)C. The lowest BCUT2D eigenvalue weighted by Gasteiger charge is -2.19. The summed E-state index contributed by atoms with van der Waals surface area (Å²) < 4.78 is 0. The fraction of sp³-hybridized carbons (Fsp3) is 0.478. The maximum absolute atomic E-state index is 10.3. The van der Waals surface area contributed by atoms with Crippen molar-refractivity contribution in [2.45, 2.75) is 58.7 Å². The van der Waals surface area contributed by atoms with Crippen LogP contribution in [0, 0.1) is 6.92 Å². The number of aliphatic hydroxyl groups is 2. The first-order valence-corrected chi connectivity index (χ1v) is 9.93. The van der Waals surface area contributed by atoms with Crippen LogP contribution in [0.2, 0.25) is 0 Å². The largest absolute Gasteiger partial charge is 0.393 e. The molecular weight excluding hydrogens is 350 g/mol. The van der Waals surface area contributed by atoms with E-state index < -0.39 is 12.2 Å². The van der Waals surface area contributed by atoms with E-state index in [1.807, 2.05) is 32.0 Å². The standard InChI is InChI=1S/C23H33N3O2/c1-7-18(27)14-19(28)12-13-20-21(15(2)3)24-23(26(5)6)25-22(20)17-10-8-16(4)9-11-17/h8-13,15,18-19,27-28H,7,14H2,1-6H3/b13-12+/t18-,19+/m0/s1. The Bertz CT molecular complexity index is 798. The molecule has 0 aliphatic rings. The van der Waals surface area contributed by atoms with Crippen molar-refractivity contribution in [3.63, 3.8) is 0 Å². The van der Waals surface area contributed by atoms with Crippen LogP contribution in [0.15, 0.2) is 30.3 Å². The molecule has 1 aromatic heterocycles. The molecule has 0 spiro atoms. The maximum atomic E-state index is 10.3. The third-order valence-electron chi connectivity index (χ3n) is 4.71. The molecule has 2 aromatic rings. The van der Waals surface area contributed by atoms with Crippen LogP contribution < -0.4 is 4.90 Å². The molecule has 2 rings (SSSR count). The summed E-state index contributed by atoms with van der Waals surface area (Å²) in [5.41, 5.74) is 4.90. The summed E-state index contributed by atoms with van der Waals surface area (Å²) >= 11 is 0. The number of nitrogens with zero attached hydrogens (tertiary/aromatic N) is 3. The fourth-order valence-corrected chi connectivity index (χ4v) is 2.94. The van der Waals surface area contributed by atoms with E-state index in [0.29, 0.717) is 18.8 Å². The van der Waals surface area contributed by atoms with Crippen molar-refractivity contribution in [2.75, 3.05) is 19.0 Å². The van der Waals surface area contributed by atoms with Crippen molar-refractivity contribution in [3.05, 3.63) is 47.2 Å². The van der Waals surface area contributed by atoms with Crippen molar-refractivity contribution in [2.24, 2.45) is 0 Å². The number of aromatic nitrogens is 2. The van der Waals surface area contributed by atoms with Gasteiger partial charge in [0, 0.05) is 31.6 Å². The molecule has 5 heteroatoms. The summed E-state index contributed by atoms with van der Waals surface area (Å²) in [7, 11) is 3.87. The summed E-state index contributed by atoms with van der Waals surface area (Å²) in [5.74, 6) is 0.863. The number of benzene rings is 1. The number of hydrogen-bond donors (Lipinski definition) is 2. The van der Waals surface area contributed by atoms with Crippen LogP contribution in [0.25, 0.3) is 17.3 Å². The topological polar surface area (TPSA) is 69.5 Å². The number of anilines is 1. The second-order valence-corrected chi connectivity index (χ2v) is 7.81. The smallest absolute Gasteiger partial charge is 0.225 e. The van der Waals surface area contributed by atoms with Gasteiger partial charge in [-0.2, -0.15) is 0 Å². The number of rotatable bonds is 8. The van der Waals surface area contributed by atoms with E-state index in [1.54, 1.807) is 6.08 Å². The van der Waals surface area contributed by atoms with Crippen molar-refractivity contribution >= 4 is 12.0 Å². The summed E-state index contributed by atoms with van der Waals surface area (Å²) in [6.45, 7) is 8.18. The molecule has 2 atom stereocenters. The highest BCUT2D eigenvalue weighted by molar-refractivity contribution is 5.75. The highest BCUT2D eigenvalue weighted by atomic mass is 16.3. The third kappa shape index (κ3) is 5.63. The van der Waals surface area contributed by atoms with Crippen LogP contribution in [0.5, 0.6) is 0 Å². The van der Waals surface area contributed by atoms with Gasteiger partial charge in [-0.15, -0.1) is 0 Å². The molecule has 28 heavy (non-hydrogen) atoms. The Labute approximate surface area is 168 Å². The average molecular weight is 384 g/mol. The number of aliphatic hydroxyl groups excluding tert-OH is 2. The molecule has 152 valence electrons. The summed E-state index contributed by atoms with van der Waals surface area (Å²) in [5, 5.41) is 20.1. The van der Waals surface area contributed by atoms with Gasteiger partial charge in [-0.1, -0.05) is 62.8 Å². The predicted octanol–water partition coefficient (Wildman–Crippen LogP) is 4.18. The molecule has 0 fully saturated rings. The molecule has 0 radical (unpaired) electrons. The molecular formula is C23H33N3O2. The molecule has 0 aliphatic carbocycles. The van der Waals surface area contributed by atoms with Gasteiger partial charge >= 0.3 is 0 Å². The van der Waals surface area contributed by atoms with E-state index in [1.165, 1.54) is 5.56 Å². The maximum Gasteiger partial charge on any atom is 0.225 e. The van der Waals surface area contributed by atoms with E-state index in [0.717, 1.165) is 22.5 Å². The Morgan fingerprint density at radius 3 is 2.25 bits per heavy atom. The lowest BCUT2D eigenvalue weighted by molar-refractivity contribution is 0.102. The van der Waals surface area contributed by atoms with Gasteiger partial charge < -0.3 is 15.1 Å². The first kappa shape index (κ1) is 22.1. The Hall–Kier alpha value is -2.24. The van der Waals surface area contributed by atoms with E-state index in [2.05, 4.69) is 45.0 Å². The van der Waals surface area contributed by atoms with Gasteiger partial charge in [0.05, 0.1) is 23.6 Å². The van der Waals surface area contributed by atoms with Crippen molar-refractivity contribution in [1.29, 1.82) is 0 Å². The molecule has 0 unspecified atom stereocenters. The molecule has 1 heterocycles. The van der Waals surface area contributed by atoms with Crippen molar-refractivity contribution in [1.82, 2.24) is 9.97 Å². The quantitative estimate of drug-likeness (QED) is 0.716. The van der Waals surface area contributed by atoms with Gasteiger partial charge in [0.2, 0.25) is 5.95 Å². The molecule has 5 nitrogen and oxygen atoms in total. The lowest BCUT2D eigenvalue weighted by atomic mass is 9.97. The zero-order valence-corrected chi connectivity index (χ0v) is 17.8. The Morgan fingerprint density at radius 2 is 1.71 bits per heavy atom. The second kappa shape index (κ2) is 9.80. The number of aryl methyl sites for hydroxylation is 1. The Morgan fingerprint density at radius 1 is 1.07 bits per heavy atom. The van der Waals surface area contributed by atoms with E-state index in [-0.39, 0.29) is 5.92 Å². The molecule has 1 aromatic carbocycles. The summed E-state index contributed by atoms with van der Waals surface area (Å²) in [6.07, 6.45) is 3.35. The van der Waals surface area contributed by atoms with Crippen LogP contribution in [0.4, 0.5) is 5.95 Å². The second-order valence-electron chi connectivity index (χ2n) is 7.81. The minimum absolute atomic E-state index is 0.198. The Balaban J connectivity index is 2.58. The van der Waals surface area contributed by atoms with Gasteiger partial charge in [0.15, 0.2) is 0 Å². The van der Waals surface area contributed by atoms with E-state index in [9.17, 15) is 10.2 Å². The average Bonchev–Trinajstić information content (AvgIpc) is 2.66. The van der Waals surface area contributed by atoms with Gasteiger partial charge in [0.25, 0.3) is 0 Å². The number of hydrogen-bond acceptors (Lipinski definition) is 5. The first-order chi connectivity index (χ1) is 13.2. The third-order valence-corrected chi connectivity index (χ3v) is 4.71. The van der Waals surface area contributed by atoms with Crippen LogP contribution >= 0.6 is 0 Å². The minimum Gasteiger partial charge on any atom is -0.393 e. The van der Waals surface area contributed by atoms with E-state index >= 15 is 0 Å². The van der Waals surface area contributed by atoms with Gasteiger partial charge in [-0.25, -0.2) is 9.97 Å². The minimum atomic E-state index is -0.714. The zero-order chi connectivity index (χ0) is 20.8. The molecule has 0 saturated heterocycles. The monoisotopic (exact) mass is 383 g/mol. The fourth-order valence-electron chi connectivity index (χ4n) is 2.94. The normalized spacial score (nSPS) is 13.9. The van der Waals surface area contributed by atoms with Crippen molar-refractivity contribution < 1.29 is 10.2 Å². The molecule has 0 amide bonds. The van der Waals surface area contributed by atoms with Crippen LogP contribution in [-0.2, 0) is 0 Å². The molecule has 0 aliphatic heterocycles. The summed E-state index contributed by atoms with van der Waals surface area (Å²) in [4.78, 5) is 11.5. The highest BCUT2D eigenvalue weighted by Crippen LogP contribution is 2.31. The van der Waals surface area contributed by atoms with Crippen LogP contribution in [0.1, 0.15) is 56.4 Å². The zero-order valence-electron chi connectivity index (χ0n) is 17.8. The lowest BCUT2D eigenvalue weighted by Crippen LogP contribution is -2.16. The molecule has 0 saturated carbocycles. The highest BCUT2D eigenvalue weighted by Gasteiger charge is 2.18. The molecule has 0 bridgehead atoms. The first-order valence-electron chi connectivity index (χ1n) is 9.93. The summed E-state index contributed by atoms with van der Waals surface area (Å²) in [6, 6.07) is 8.27. The predicted molar refractivity (Wildman–Crippen MR) is 117 cm³/mol. The molecule has 2 N–H and O–H groups in total. The van der Waals surface area contributed by atoms with Gasteiger partial charge in [0.1, 0.15) is 0 Å².